The van der Waals surface area contributed by atoms with Crippen molar-refractivity contribution in [2.45, 2.75) is 38.8 Å². The van der Waals surface area contributed by atoms with Crippen LogP contribution in [0.15, 0.2) is 18.2 Å². The summed E-state index contributed by atoms with van der Waals surface area (Å²) in [4.78, 5) is 13.7. The maximum absolute atomic E-state index is 12.0. The van der Waals surface area contributed by atoms with Gasteiger partial charge < -0.3 is 20.7 Å². The number of nitriles is 1. The number of amides is 1. The van der Waals surface area contributed by atoms with Crippen molar-refractivity contribution in [1.29, 1.82) is 5.26 Å². The zero-order valence-electron chi connectivity index (χ0n) is 13.2. The highest BCUT2D eigenvalue weighted by molar-refractivity contribution is 5.70. The number of carbonyl (C=O) groups excluding carboxylic acids is 1. The molecule has 1 aliphatic rings. The zero-order valence-corrected chi connectivity index (χ0v) is 13.2. The predicted molar refractivity (Wildman–Crippen MR) is 85.4 cm³/mol. The molecule has 1 heterocycles. The molecule has 0 aromatic heterocycles. The molecule has 1 unspecified atom stereocenters. The number of ether oxygens (including phenoxy) is 1. The van der Waals surface area contributed by atoms with Crippen LogP contribution >= 0.6 is 0 Å². The molecule has 0 spiro atoms. The summed E-state index contributed by atoms with van der Waals surface area (Å²) < 4.78 is 5.37. The Hall–Kier alpha value is -2.42. The molecule has 6 nitrogen and oxygen atoms in total. The fourth-order valence-electron chi connectivity index (χ4n) is 2.35. The number of hydrogen-bond acceptors (Lipinski definition) is 5. The third kappa shape index (κ3) is 4.04. The number of nitrogens with zero attached hydrogens (tertiary/aromatic N) is 2. The van der Waals surface area contributed by atoms with Crippen LogP contribution < -0.4 is 11.1 Å². The number of nitrogen functional groups attached to an aromatic ring is 1. The third-order valence-electron chi connectivity index (χ3n) is 3.38. The highest BCUT2D eigenvalue weighted by Crippen LogP contribution is 2.23. The fourth-order valence-corrected chi connectivity index (χ4v) is 2.35. The van der Waals surface area contributed by atoms with E-state index in [9.17, 15) is 4.79 Å². The van der Waals surface area contributed by atoms with Gasteiger partial charge in [0.05, 0.1) is 23.0 Å². The van der Waals surface area contributed by atoms with Crippen molar-refractivity contribution in [2.24, 2.45) is 0 Å². The number of rotatable bonds is 2. The van der Waals surface area contributed by atoms with Gasteiger partial charge in [0.15, 0.2) is 0 Å². The Kier molecular flexibility index (Phi) is 4.45. The Labute approximate surface area is 130 Å². The van der Waals surface area contributed by atoms with Gasteiger partial charge in [-0.3, -0.25) is 0 Å². The van der Waals surface area contributed by atoms with Crippen LogP contribution in [0.3, 0.4) is 0 Å². The summed E-state index contributed by atoms with van der Waals surface area (Å²) in [6, 6.07) is 7.34. The molecular formula is C16H22N4O2. The van der Waals surface area contributed by atoms with E-state index in [2.05, 4.69) is 11.4 Å². The van der Waals surface area contributed by atoms with Crippen molar-refractivity contribution in [2.75, 3.05) is 24.1 Å². The Balaban J connectivity index is 1.94. The molecule has 118 valence electrons. The average Bonchev–Trinajstić information content (AvgIpc) is 2.88. The van der Waals surface area contributed by atoms with Crippen LogP contribution in [0.5, 0.6) is 0 Å². The lowest BCUT2D eigenvalue weighted by Gasteiger charge is -2.24. The molecule has 0 radical (unpaired) electrons. The third-order valence-corrected chi connectivity index (χ3v) is 3.38. The second kappa shape index (κ2) is 6.14. The summed E-state index contributed by atoms with van der Waals surface area (Å²) in [5.74, 6) is 0. The number of hydrogen-bond donors (Lipinski definition) is 2. The lowest BCUT2D eigenvalue weighted by Crippen LogP contribution is -2.36. The fraction of sp³-hybridized carbons (Fsp3) is 0.500. The van der Waals surface area contributed by atoms with Crippen molar-refractivity contribution in [1.82, 2.24) is 4.90 Å². The molecule has 1 aliphatic heterocycles. The maximum Gasteiger partial charge on any atom is 0.410 e. The first kappa shape index (κ1) is 16.0. The van der Waals surface area contributed by atoms with Gasteiger partial charge in [0.1, 0.15) is 5.60 Å². The first-order chi connectivity index (χ1) is 10.3. The van der Waals surface area contributed by atoms with E-state index in [-0.39, 0.29) is 12.1 Å². The summed E-state index contributed by atoms with van der Waals surface area (Å²) in [7, 11) is 0. The smallest absolute Gasteiger partial charge is 0.410 e. The van der Waals surface area contributed by atoms with Crippen LogP contribution in [0, 0.1) is 11.3 Å². The molecule has 0 bridgehead atoms. The lowest BCUT2D eigenvalue weighted by molar-refractivity contribution is 0.0293. The maximum atomic E-state index is 12.0. The van der Waals surface area contributed by atoms with Crippen molar-refractivity contribution in [3.8, 4) is 6.07 Å². The Bertz CT molecular complexity index is 601. The summed E-state index contributed by atoms with van der Waals surface area (Å²) in [6.07, 6.45) is 0.545. The van der Waals surface area contributed by atoms with Crippen LogP contribution in [-0.4, -0.2) is 35.7 Å². The molecule has 3 N–H and O–H groups in total. The van der Waals surface area contributed by atoms with Gasteiger partial charge in [0, 0.05) is 19.1 Å². The molecule has 2 rings (SSSR count). The normalized spacial score (nSPS) is 17.9. The molecule has 6 heteroatoms. The van der Waals surface area contributed by atoms with Crippen molar-refractivity contribution >= 4 is 17.5 Å². The Morgan fingerprint density at radius 2 is 2.23 bits per heavy atom. The number of likely N-dealkylation sites (tertiary alicyclic amines) is 1. The average molecular weight is 302 g/mol. The van der Waals surface area contributed by atoms with E-state index in [0.29, 0.717) is 24.3 Å². The van der Waals surface area contributed by atoms with Gasteiger partial charge in [-0.15, -0.1) is 0 Å². The van der Waals surface area contributed by atoms with E-state index in [0.717, 1.165) is 12.1 Å². The number of nitrogens with one attached hydrogen (secondary N) is 1. The molecule has 1 atom stereocenters. The molecule has 1 aromatic rings. The van der Waals surface area contributed by atoms with Crippen LogP contribution in [0.2, 0.25) is 0 Å². The molecule has 1 aromatic carbocycles. The monoisotopic (exact) mass is 302 g/mol. The minimum atomic E-state index is -0.486. The highest BCUT2D eigenvalue weighted by atomic mass is 16.6. The van der Waals surface area contributed by atoms with Crippen molar-refractivity contribution < 1.29 is 9.53 Å². The lowest BCUT2D eigenvalue weighted by atomic mass is 10.1. The quantitative estimate of drug-likeness (QED) is 0.819. The van der Waals surface area contributed by atoms with Crippen LogP contribution in [0.1, 0.15) is 32.8 Å². The van der Waals surface area contributed by atoms with E-state index in [1.165, 1.54) is 0 Å². The molecule has 0 aliphatic carbocycles. The molecule has 1 amide bonds. The van der Waals surface area contributed by atoms with Gasteiger partial charge in [-0.05, 0) is 45.4 Å². The molecule has 1 fully saturated rings. The van der Waals surface area contributed by atoms with Crippen molar-refractivity contribution in [3.63, 3.8) is 0 Å². The van der Waals surface area contributed by atoms with E-state index < -0.39 is 5.60 Å². The van der Waals surface area contributed by atoms with E-state index in [1.807, 2.05) is 20.8 Å². The second-order valence-electron chi connectivity index (χ2n) is 6.47. The zero-order chi connectivity index (χ0) is 16.3. The molecule has 1 saturated heterocycles. The molecule has 0 saturated carbocycles. The van der Waals surface area contributed by atoms with Gasteiger partial charge in [-0.1, -0.05) is 0 Å². The minimum Gasteiger partial charge on any atom is -0.444 e. The first-order valence-corrected chi connectivity index (χ1v) is 7.32. The van der Waals surface area contributed by atoms with Gasteiger partial charge in [-0.25, -0.2) is 4.79 Å². The summed E-state index contributed by atoms with van der Waals surface area (Å²) in [5.41, 5.74) is 7.30. The van der Waals surface area contributed by atoms with Gasteiger partial charge in [0.25, 0.3) is 0 Å². The predicted octanol–water partition coefficient (Wildman–Crippen LogP) is 2.56. The van der Waals surface area contributed by atoms with Crippen LogP contribution in [0.4, 0.5) is 16.2 Å². The summed E-state index contributed by atoms with van der Waals surface area (Å²) in [6.45, 7) is 6.80. The first-order valence-electron chi connectivity index (χ1n) is 7.32. The van der Waals surface area contributed by atoms with Gasteiger partial charge in [-0.2, -0.15) is 5.26 Å². The van der Waals surface area contributed by atoms with Gasteiger partial charge >= 0.3 is 6.09 Å². The van der Waals surface area contributed by atoms with Gasteiger partial charge in [0.2, 0.25) is 0 Å². The summed E-state index contributed by atoms with van der Waals surface area (Å²) >= 11 is 0. The number of nitrogens with two attached hydrogens (primary N) is 1. The number of carbonyl (C=O) groups is 1. The Morgan fingerprint density at radius 1 is 1.50 bits per heavy atom. The molecular weight excluding hydrogens is 280 g/mol. The number of anilines is 2. The largest absolute Gasteiger partial charge is 0.444 e. The van der Waals surface area contributed by atoms with Crippen molar-refractivity contribution in [3.05, 3.63) is 23.8 Å². The standard InChI is InChI=1S/C16H22N4O2/c1-16(2,3)22-15(21)20-7-6-12(10-20)19-14-5-4-11(9-17)8-13(14)18/h4-5,8,12,19H,6-7,10,18H2,1-3H3. The highest BCUT2D eigenvalue weighted by Gasteiger charge is 2.29. The SMILES string of the molecule is CC(C)(C)OC(=O)N1CCC(Nc2ccc(C#N)cc2N)C1. The second-order valence-corrected chi connectivity index (χ2v) is 6.47. The van der Waals surface area contributed by atoms with E-state index in [4.69, 9.17) is 15.7 Å². The van der Waals surface area contributed by atoms with E-state index in [1.54, 1.807) is 23.1 Å². The van der Waals surface area contributed by atoms with Crippen LogP contribution in [-0.2, 0) is 4.74 Å². The topological polar surface area (TPSA) is 91.4 Å². The Morgan fingerprint density at radius 3 is 2.82 bits per heavy atom. The van der Waals surface area contributed by atoms with Crippen LogP contribution in [0.25, 0.3) is 0 Å². The number of benzene rings is 1. The summed E-state index contributed by atoms with van der Waals surface area (Å²) in [5, 5.41) is 12.2. The molecule has 22 heavy (non-hydrogen) atoms. The minimum absolute atomic E-state index is 0.128. The van der Waals surface area contributed by atoms with E-state index >= 15 is 0 Å².